The molecule has 0 unspecified atom stereocenters. The number of nitrogens with zero attached hydrogens (tertiary/aromatic N) is 8. The van der Waals surface area contributed by atoms with Crippen molar-refractivity contribution in [1.29, 1.82) is 0 Å². The van der Waals surface area contributed by atoms with Crippen molar-refractivity contribution < 1.29 is 0 Å². The second kappa shape index (κ2) is 17.8. The van der Waals surface area contributed by atoms with Crippen molar-refractivity contribution in [3.63, 3.8) is 0 Å². The summed E-state index contributed by atoms with van der Waals surface area (Å²) in [5.74, 6) is 0. The van der Waals surface area contributed by atoms with Gasteiger partial charge in [-0.1, -0.05) is 48.5 Å². The molecule has 0 saturated heterocycles. The fourth-order valence-corrected chi connectivity index (χ4v) is 6.65. The molecule has 0 bridgehead atoms. The Morgan fingerprint density at radius 3 is 0.815 bits per heavy atom. The summed E-state index contributed by atoms with van der Waals surface area (Å²) in [6.07, 6.45) is 6.97. The van der Waals surface area contributed by atoms with Gasteiger partial charge in [-0.3, -0.25) is 20.0 Å². The first-order valence-corrected chi connectivity index (χ1v) is 19.6. The lowest BCUT2D eigenvalue weighted by molar-refractivity contribution is 1.25. The number of benzene rings is 3. The minimum Gasteiger partial charge on any atom is -0.255 e. The fourth-order valence-electron chi connectivity index (χ4n) is 5.22. The van der Waals surface area contributed by atoms with Crippen molar-refractivity contribution in [3.8, 4) is 22.3 Å². The van der Waals surface area contributed by atoms with E-state index in [-0.39, 0.29) is 0 Å². The molecule has 0 radical (unpaired) electrons. The van der Waals surface area contributed by atoms with Crippen LogP contribution in [-0.4, -0.2) is 44.8 Å². The van der Waals surface area contributed by atoms with Gasteiger partial charge in [0.05, 0.1) is 70.4 Å². The Hall–Kier alpha value is -5.14. The molecular formula is C42H26Br4N8. The number of hydrogen-bond donors (Lipinski definition) is 0. The van der Waals surface area contributed by atoms with Crippen molar-refractivity contribution in [2.24, 2.45) is 20.0 Å². The molecular weight excluding hydrogens is 936 g/mol. The van der Waals surface area contributed by atoms with Gasteiger partial charge in [0.25, 0.3) is 0 Å². The second-order valence-electron chi connectivity index (χ2n) is 11.6. The van der Waals surface area contributed by atoms with Crippen molar-refractivity contribution in [2.45, 2.75) is 0 Å². The van der Waals surface area contributed by atoms with E-state index in [1.807, 2.05) is 109 Å². The third-order valence-corrected chi connectivity index (χ3v) is 9.45. The summed E-state index contributed by atoms with van der Waals surface area (Å²) < 4.78 is 2.97. The number of aromatic nitrogens is 4. The van der Waals surface area contributed by atoms with Gasteiger partial charge in [0.2, 0.25) is 0 Å². The van der Waals surface area contributed by atoms with Gasteiger partial charge in [-0.15, -0.1) is 0 Å². The predicted octanol–water partition coefficient (Wildman–Crippen LogP) is 12.7. The molecule has 54 heavy (non-hydrogen) atoms. The van der Waals surface area contributed by atoms with Crippen LogP contribution in [0.15, 0.2) is 172 Å². The molecule has 0 N–H and O–H groups in total. The van der Waals surface area contributed by atoms with E-state index in [0.717, 1.165) is 86.2 Å². The third-order valence-electron chi connectivity index (χ3n) is 7.69. The average molecular weight is 962 g/mol. The average Bonchev–Trinajstić information content (AvgIpc) is 3.18. The highest BCUT2D eigenvalue weighted by molar-refractivity contribution is 9.11. The SMILES string of the molecule is Brc1cccc(C=Nc2cc(N=Cc3cccc(Br)n3)cc(-c3ccc(-c4cc(N=Cc5cccc(Br)n5)cc(N=Cc5cccc(Br)n5)c4)cc3)c2)n1. The van der Waals surface area contributed by atoms with Crippen molar-refractivity contribution in [1.82, 2.24) is 19.9 Å². The molecule has 8 nitrogen and oxygen atoms in total. The minimum atomic E-state index is 0.735. The number of aliphatic imine (C=N–C) groups is 4. The number of pyridine rings is 4. The lowest BCUT2D eigenvalue weighted by Crippen LogP contribution is -1.88. The molecule has 0 amide bonds. The molecule has 12 heteroatoms. The maximum atomic E-state index is 4.76. The molecule has 3 aromatic carbocycles. The van der Waals surface area contributed by atoms with Crippen LogP contribution in [0.2, 0.25) is 0 Å². The molecule has 0 aliphatic rings. The monoisotopic (exact) mass is 958 g/mol. The fraction of sp³-hybridized carbons (Fsp3) is 0. The van der Waals surface area contributed by atoms with E-state index >= 15 is 0 Å². The first-order chi connectivity index (χ1) is 26.3. The zero-order chi connectivity index (χ0) is 37.3. The minimum absolute atomic E-state index is 0.735. The molecule has 0 saturated carbocycles. The van der Waals surface area contributed by atoms with Gasteiger partial charge < -0.3 is 0 Å². The van der Waals surface area contributed by atoms with Crippen molar-refractivity contribution in [2.75, 3.05) is 0 Å². The van der Waals surface area contributed by atoms with E-state index in [1.165, 1.54) is 0 Å². The third kappa shape index (κ3) is 10.5. The second-order valence-corrected chi connectivity index (χ2v) is 14.9. The van der Waals surface area contributed by atoms with Crippen molar-refractivity contribution >= 4 is 111 Å². The normalized spacial score (nSPS) is 11.8. The summed E-state index contributed by atoms with van der Waals surface area (Å²) in [6, 6.07) is 43.2. The Morgan fingerprint density at radius 1 is 0.315 bits per heavy atom. The molecule has 7 rings (SSSR count). The molecule has 4 aromatic heterocycles. The van der Waals surface area contributed by atoms with E-state index < -0.39 is 0 Å². The topological polar surface area (TPSA) is 101 Å². The Morgan fingerprint density at radius 2 is 0.574 bits per heavy atom. The van der Waals surface area contributed by atoms with Gasteiger partial charge in [-0.05, 0) is 171 Å². The number of halogens is 4. The van der Waals surface area contributed by atoms with E-state index in [1.54, 1.807) is 24.9 Å². The molecule has 4 heterocycles. The summed E-state index contributed by atoms with van der Waals surface area (Å²) in [5.41, 5.74) is 9.81. The van der Waals surface area contributed by atoms with Crippen LogP contribution >= 0.6 is 63.7 Å². The van der Waals surface area contributed by atoms with E-state index in [0.29, 0.717) is 0 Å². The molecule has 0 aliphatic carbocycles. The lowest BCUT2D eigenvalue weighted by Gasteiger charge is -2.09. The zero-order valence-corrected chi connectivity index (χ0v) is 34.4. The van der Waals surface area contributed by atoms with Crippen LogP contribution in [0.5, 0.6) is 0 Å². The maximum absolute atomic E-state index is 4.76. The molecule has 0 atom stereocenters. The largest absolute Gasteiger partial charge is 0.255 e. The van der Waals surface area contributed by atoms with Gasteiger partial charge in [-0.25, -0.2) is 19.9 Å². The van der Waals surface area contributed by atoms with Crippen LogP contribution in [-0.2, 0) is 0 Å². The Bertz CT molecular complexity index is 2240. The standard InChI is InChI=1S/C42H26Br4N8/c43-39-9-1-5-31(51-39)23-47-35-17-29(18-36(21-35)48-24-32-6-2-10-40(44)52-32)27-13-15-28(16-14-27)30-19-37(49-25-33-7-3-11-41(45)53-33)22-38(20-30)50-26-34-8-4-12-42(46)54-34/h1-26H. The zero-order valence-electron chi connectivity index (χ0n) is 28.1. The van der Waals surface area contributed by atoms with E-state index in [4.69, 9.17) is 20.0 Å². The summed E-state index contributed by atoms with van der Waals surface area (Å²) in [5, 5.41) is 0. The molecule has 0 fully saturated rings. The summed E-state index contributed by atoms with van der Waals surface area (Å²) in [7, 11) is 0. The van der Waals surface area contributed by atoms with Crippen LogP contribution in [0.3, 0.4) is 0 Å². The quantitative estimate of drug-likeness (QED) is 0.101. The van der Waals surface area contributed by atoms with E-state index in [9.17, 15) is 0 Å². The maximum Gasteiger partial charge on any atom is 0.106 e. The summed E-state index contributed by atoms with van der Waals surface area (Å²) >= 11 is 13.7. The van der Waals surface area contributed by atoms with Gasteiger partial charge in [0.15, 0.2) is 0 Å². The summed E-state index contributed by atoms with van der Waals surface area (Å²) in [4.78, 5) is 37.0. The highest BCUT2D eigenvalue weighted by atomic mass is 79.9. The molecule has 0 aliphatic heterocycles. The lowest BCUT2D eigenvalue weighted by atomic mass is 9.99. The van der Waals surface area contributed by atoms with E-state index in [2.05, 4.69) is 108 Å². The van der Waals surface area contributed by atoms with Crippen LogP contribution in [0.25, 0.3) is 22.3 Å². The van der Waals surface area contributed by atoms with Crippen LogP contribution < -0.4 is 0 Å². The van der Waals surface area contributed by atoms with Gasteiger partial charge >= 0.3 is 0 Å². The highest BCUT2D eigenvalue weighted by Gasteiger charge is 2.08. The highest BCUT2D eigenvalue weighted by Crippen LogP contribution is 2.34. The summed E-state index contributed by atoms with van der Waals surface area (Å²) in [6.45, 7) is 0. The first kappa shape index (κ1) is 37.2. The Kier molecular flexibility index (Phi) is 12.3. The van der Waals surface area contributed by atoms with Crippen molar-refractivity contribution in [3.05, 3.63) is 175 Å². The van der Waals surface area contributed by atoms with Gasteiger partial charge in [0, 0.05) is 0 Å². The van der Waals surface area contributed by atoms with Gasteiger partial charge in [0.1, 0.15) is 18.4 Å². The smallest absolute Gasteiger partial charge is 0.106 e. The predicted molar refractivity (Wildman–Crippen MR) is 234 cm³/mol. The van der Waals surface area contributed by atoms with Gasteiger partial charge in [-0.2, -0.15) is 0 Å². The van der Waals surface area contributed by atoms with Crippen LogP contribution in [0.4, 0.5) is 22.7 Å². The Labute approximate surface area is 345 Å². The van der Waals surface area contributed by atoms with Crippen LogP contribution in [0.1, 0.15) is 22.8 Å². The molecule has 7 aromatic rings. The molecule has 262 valence electrons. The van der Waals surface area contributed by atoms with Crippen LogP contribution in [0, 0.1) is 0 Å². The molecule has 0 spiro atoms. The number of rotatable bonds is 10. The number of hydrogen-bond acceptors (Lipinski definition) is 8. The Balaban J connectivity index is 1.23. The first-order valence-electron chi connectivity index (χ1n) is 16.4.